The molecule has 0 aliphatic heterocycles. The Morgan fingerprint density at radius 1 is 1.50 bits per heavy atom. The molecule has 12 heavy (non-hydrogen) atoms. The van der Waals surface area contributed by atoms with Crippen molar-refractivity contribution < 1.29 is 14.2 Å². The molecule has 0 amide bonds. The molecule has 2 nitrogen and oxygen atoms in total. The van der Waals surface area contributed by atoms with Gasteiger partial charge in [-0.05, 0) is 18.6 Å². The summed E-state index contributed by atoms with van der Waals surface area (Å²) in [6, 6.07) is 2.86. The summed E-state index contributed by atoms with van der Waals surface area (Å²) < 4.78 is 17.8. The smallest absolute Gasteiger partial charge is 0.129 e. The van der Waals surface area contributed by atoms with Gasteiger partial charge in [-0.1, -0.05) is 0 Å². The van der Waals surface area contributed by atoms with Crippen LogP contribution in [0.2, 0.25) is 0 Å². The predicted molar refractivity (Wildman–Crippen MR) is 43.6 cm³/mol. The maximum Gasteiger partial charge on any atom is 0.129 e. The first-order chi connectivity index (χ1) is 5.69. The van der Waals surface area contributed by atoms with Crippen LogP contribution in [0.1, 0.15) is 11.1 Å². The fourth-order valence-corrected chi connectivity index (χ4v) is 1.04. The Hall–Kier alpha value is -1.09. The quantitative estimate of drug-likeness (QED) is 0.731. The van der Waals surface area contributed by atoms with E-state index in [1.165, 1.54) is 13.2 Å². The van der Waals surface area contributed by atoms with Crippen LogP contribution in [-0.2, 0) is 6.61 Å². The number of aliphatic hydroxyl groups is 1. The standard InChI is InChI=1S/C9H11FO2/c1-6-3-7(5-11)9(12-2)4-8(6)10/h3-4,11H,5H2,1-2H3. The zero-order valence-corrected chi connectivity index (χ0v) is 7.10. The normalized spacial score (nSPS) is 10.0. The lowest BCUT2D eigenvalue weighted by atomic mass is 10.1. The molecule has 0 aliphatic carbocycles. The molecule has 0 saturated heterocycles. The second-order valence-electron chi connectivity index (χ2n) is 2.57. The summed E-state index contributed by atoms with van der Waals surface area (Å²) in [5.74, 6) is 0.0738. The highest BCUT2D eigenvalue weighted by atomic mass is 19.1. The first-order valence-corrected chi connectivity index (χ1v) is 3.63. The Morgan fingerprint density at radius 3 is 2.67 bits per heavy atom. The molecule has 1 rings (SSSR count). The van der Waals surface area contributed by atoms with E-state index < -0.39 is 0 Å². The molecule has 1 N–H and O–H groups in total. The van der Waals surface area contributed by atoms with Gasteiger partial charge in [0, 0.05) is 11.6 Å². The summed E-state index contributed by atoms with van der Waals surface area (Å²) in [6.07, 6.45) is 0. The Labute approximate surface area is 70.6 Å². The Balaban J connectivity index is 3.19. The Morgan fingerprint density at radius 2 is 2.17 bits per heavy atom. The minimum absolute atomic E-state index is 0.135. The van der Waals surface area contributed by atoms with E-state index in [2.05, 4.69) is 0 Å². The maximum absolute atomic E-state index is 12.9. The van der Waals surface area contributed by atoms with Crippen LogP contribution in [0.3, 0.4) is 0 Å². The molecule has 66 valence electrons. The molecule has 0 saturated carbocycles. The monoisotopic (exact) mass is 170 g/mol. The van der Waals surface area contributed by atoms with Gasteiger partial charge in [-0.25, -0.2) is 4.39 Å². The van der Waals surface area contributed by atoms with Crippen molar-refractivity contribution in [3.05, 3.63) is 29.1 Å². The van der Waals surface area contributed by atoms with Crippen molar-refractivity contribution in [2.75, 3.05) is 7.11 Å². The number of hydrogen-bond acceptors (Lipinski definition) is 2. The highest BCUT2D eigenvalue weighted by Gasteiger charge is 2.05. The molecular weight excluding hydrogens is 159 g/mol. The predicted octanol–water partition coefficient (Wildman–Crippen LogP) is 1.64. The molecule has 0 unspecified atom stereocenters. The maximum atomic E-state index is 12.9. The first kappa shape index (κ1) is 9.00. The van der Waals surface area contributed by atoms with Crippen LogP contribution in [-0.4, -0.2) is 12.2 Å². The van der Waals surface area contributed by atoms with Crippen LogP contribution >= 0.6 is 0 Å². The van der Waals surface area contributed by atoms with Crippen molar-refractivity contribution >= 4 is 0 Å². The average molecular weight is 170 g/mol. The minimum Gasteiger partial charge on any atom is -0.496 e. The molecule has 3 heteroatoms. The van der Waals surface area contributed by atoms with E-state index in [4.69, 9.17) is 9.84 Å². The molecule has 0 spiro atoms. The summed E-state index contributed by atoms with van der Waals surface area (Å²) in [6.45, 7) is 1.51. The Bertz CT molecular complexity index is 255. The highest BCUT2D eigenvalue weighted by molar-refractivity contribution is 5.37. The fraction of sp³-hybridized carbons (Fsp3) is 0.333. The number of ether oxygens (including phenoxy) is 1. The van der Waals surface area contributed by atoms with Crippen LogP contribution < -0.4 is 4.74 Å². The number of rotatable bonds is 2. The van der Waals surface area contributed by atoms with E-state index in [9.17, 15) is 4.39 Å². The summed E-state index contributed by atoms with van der Waals surface area (Å²) in [4.78, 5) is 0. The minimum atomic E-state index is -0.316. The fourth-order valence-electron chi connectivity index (χ4n) is 1.04. The average Bonchev–Trinajstić information content (AvgIpc) is 2.09. The van der Waals surface area contributed by atoms with Crippen LogP contribution in [0.25, 0.3) is 0 Å². The van der Waals surface area contributed by atoms with E-state index in [0.717, 1.165) is 0 Å². The van der Waals surface area contributed by atoms with Gasteiger partial charge in [0.2, 0.25) is 0 Å². The summed E-state index contributed by atoms with van der Waals surface area (Å²) >= 11 is 0. The lowest BCUT2D eigenvalue weighted by Crippen LogP contribution is -1.94. The summed E-state index contributed by atoms with van der Waals surface area (Å²) in [7, 11) is 1.45. The Kier molecular flexibility index (Phi) is 2.65. The molecular formula is C9H11FO2. The van der Waals surface area contributed by atoms with E-state index in [1.54, 1.807) is 13.0 Å². The van der Waals surface area contributed by atoms with E-state index in [0.29, 0.717) is 16.9 Å². The molecule has 0 fully saturated rings. The first-order valence-electron chi connectivity index (χ1n) is 3.63. The van der Waals surface area contributed by atoms with Gasteiger partial charge in [-0.15, -0.1) is 0 Å². The third kappa shape index (κ3) is 1.56. The largest absolute Gasteiger partial charge is 0.496 e. The van der Waals surface area contributed by atoms with Gasteiger partial charge < -0.3 is 9.84 Å². The highest BCUT2D eigenvalue weighted by Crippen LogP contribution is 2.22. The number of benzene rings is 1. The molecule has 0 radical (unpaired) electrons. The van der Waals surface area contributed by atoms with Gasteiger partial charge in [0.15, 0.2) is 0 Å². The summed E-state index contributed by atoms with van der Waals surface area (Å²) in [5.41, 5.74) is 1.12. The van der Waals surface area contributed by atoms with Gasteiger partial charge in [0.05, 0.1) is 13.7 Å². The molecule has 0 bridgehead atoms. The van der Waals surface area contributed by atoms with Crippen LogP contribution in [0, 0.1) is 12.7 Å². The molecule has 0 heterocycles. The topological polar surface area (TPSA) is 29.5 Å². The van der Waals surface area contributed by atoms with Crippen LogP contribution in [0.15, 0.2) is 12.1 Å². The lowest BCUT2D eigenvalue weighted by molar-refractivity contribution is 0.273. The van der Waals surface area contributed by atoms with Crippen molar-refractivity contribution in [3.8, 4) is 5.75 Å². The molecule has 0 atom stereocenters. The summed E-state index contributed by atoms with van der Waals surface area (Å²) in [5, 5.41) is 8.86. The van der Waals surface area contributed by atoms with Gasteiger partial charge >= 0.3 is 0 Å². The number of methoxy groups -OCH3 is 1. The van der Waals surface area contributed by atoms with E-state index >= 15 is 0 Å². The third-order valence-corrected chi connectivity index (χ3v) is 1.73. The van der Waals surface area contributed by atoms with Crippen molar-refractivity contribution in [1.29, 1.82) is 0 Å². The number of aliphatic hydroxyl groups excluding tert-OH is 1. The lowest BCUT2D eigenvalue weighted by Gasteiger charge is -2.07. The van der Waals surface area contributed by atoms with Crippen molar-refractivity contribution in [2.45, 2.75) is 13.5 Å². The number of hydrogen-bond donors (Lipinski definition) is 1. The SMILES string of the molecule is COc1cc(F)c(C)cc1CO. The molecule has 1 aromatic rings. The van der Waals surface area contributed by atoms with Crippen molar-refractivity contribution in [2.24, 2.45) is 0 Å². The molecule has 0 aliphatic rings. The molecule has 1 aromatic carbocycles. The van der Waals surface area contributed by atoms with Crippen LogP contribution in [0.4, 0.5) is 4.39 Å². The van der Waals surface area contributed by atoms with Gasteiger partial charge in [0.25, 0.3) is 0 Å². The van der Waals surface area contributed by atoms with E-state index in [-0.39, 0.29) is 12.4 Å². The van der Waals surface area contributed by atoms with Crippen LogP contribution in [0.5, 0.6) is 5.75 Å². The number of halogens is 1. The van der Waals surface area contributed by atoms with Gasteiger partial charge in [-0.2, -0.15) is 0 Å². The zero-order valence-electron chi connectivity index (χ0n) is 7.10. The molecule has 0 aromatic heterocycles. The van der Waals surface area contributed by atoms with Gasteiger partial charge in [-0.3, -0.25) is 0 Å². The van der Waals surface area contributed by atoms with Crippen molar-refractivity contribution in [3.63, 3.8) is 0 Å². The van der Waals surface area contributed by atoms with E-state index in [1.807, 2.05) is 0 Å². The number of aryl methyl sites for hydroxylation is 1. The second-order valence-corrected chi connectivity index (χ2v) is 2.57. The zero-order chi connectivity index (χ0) is 9.14. The second kappa shape index (κ2) is 3.54. The van der Waals surface area contributed by atoms with Gasteiger partial charge in [0.1, 0.15) is 11.6 Å². The van der Waals surface area contributed by atoms with Crippen molar-refractivity contribution in [1.82, 2.24) is 0 Å². The third-order valence-electron chi connectivity index (χ3n) is 1.73.